The van der Waals surface area contributed by atoms with Crippen molar-refractivity contribution >= 4 is 45.6 Å². The highest BCUT2D eigenvalue weighted by molar-refractivity contribution is 7.14. The molecule has 1 aliphatic heterocycles. The van der Waals surface area contributed by atoms with Gasteiger partial charge in [-0.1, -0.05) is 23.7 Å². The third kappa shape index (κ3) is 7.98. The molecule has 2 heterocycles. The van der Waals surface area contributed by atoms with Crippen LogP contribution in [0.3, 0.4) is 0 Å². The first-order chi connectivity index (χ1) is 20.5. The second-order valence-corrected chi connectivity index (χ2v) is 10.5. The van der Waals surface area contributed by atoms with E-state index in [0.29, 0.717) is 59.5 Å². The summed E-state index contributed by atoms with van der Waals surface area (Å²) >= 11 is 7.55. The molecule has 0 aliphatic carbocycles. The van der Waals surface area contributed by atoms with E-state index in [1.807, 2.05) is 41.8 Å². The van der Waals surface area contributed by atoms with Crippen molar-refractivity contribution in [3.05, 3.63) is 77.1 Å². The minimum atomic E-state index is -0.342. The minimum Gasteiger partial charge on any atom is -0.497 e. The highest BCUT2D eigenvalue weighted by Crippen LogP contribution is 2.36. The third-order valence-corrected chi connectivity index (χ3v) is 7.19. The number of rotatable bonds is 5. The average Bonchev–Trinajstić information content (AvgIpc) is 3.44. The van der Waals surface area contributed by atoms with Gasteiger partial charge in [-0.3, -0.25) is 14.5 Å². The quantitative estimate of drug-likeness (QED) is 0.303. The fourth-order valence-electron chi connectivity index (χ4n) is 4.16. The molecule has 2 N–H and O–H groups in total. The number of carbonyl (C=O) groups excluding carboxylic acids is 2. The number of aromatic nitrogens is 1. The number of para-hydroxylation sites is 2. The maximum absolute atomic E-state index is 13.1. The van der Waals surface area contributed by atoms with Crippen LogP contribution in [0.2, 0.25) is 5.02 Å². The van der Waals surface area contributed by atoms with Crippen molar-refractivity contribution in [3.8, 4) is 34.3 Å². The molecule has 1 aromatic heterocycles. The molecule has 12 heteroatoms. The van der Waals surface area contributed by atoms with Gasteiger partial charge in [-0.15, -0.1) is 11.3 Å². The third-order valence-electron chi connectivity index (χ3n) is 6.19. The lowest BCUT2D eigenvalue weighted by Crippen LogP contribution is -2.40. The second kappa shape index (κ2) is 14.1. The molecule has 5 rings (SSSR count). The van der Waals surface area contributed by atoms with Gasteiger partial charge in [0.15, 0.2) is 22.4 Å². The van der Waals surface area contributed by atoms with Crippen LogP contribution in [-0.2, 0) is 14.3 Å². The summed E-state index contributed by atoms with van der Waals surface area (Å²) in [6, 6.07) is 19.7. The van der Waals surface area contributed by atoms with Gasteiger partial charge in [-0.05, 0) is 54.6 Å². The Hall–Kier alpha value is -4.16. The van der Waals surface area contributed by atoms with Crippen LogP contribution in [0.15, 0.2) is 72.1 Å². The van der Waals surface area contributed by atoms with Gasteiger partial charge in [-0.2, -0.15) is 0 Å². The van der Waals surface area contributed by atoms with E-state index in [0.717, 1.165) is 17.0 Å². The van der Waals surface area contributed by atoms with Crippen molar-refractivity contribution in [3.63, 3.8) is 0 Å². The predicted octanol–water partition coefficient (Wildman–Crippen LogP) is 5.55. The van der Waals surface area contributed by atoms with E-state index in [-0.39, 0.29) is 24.9 Å². The molecule has 10 nitrogen and oxygen atoms in total. The molecular formula is C30H29ClN4O6S. The SMILES string of the molecule is COc1ccc(-c2csc(NC(=O)CN3CCOCCOc4ccccc4Oc4ccc(Cl)cc4NC(=O)C3)n2)cc1. The van der Waals surface area contributed by atoms with Gasteiger partial charge in [0.1, 0.15) is 12.4 Å². The highest BCUT2D eigenvalue weighted by Gasteiger charge is 2.19. The van der Waals surface area contributed by atoms with Crippen molar-refractivity contribution in [2.45, 2.75) is 0 Å². The molecule has 0 saturated heterocycles. The molecule has 4 aromatic rings. The van der Waals surface area contributed by atoms with Crippen LogP contribution in [0.25, 0.3) is 11.3 Å². The summed E-state index contributed by atoms with van der Waals surface area (Å²) in [5, 5.41) is 8.46. The van der Waals surface area contributed by atoms with Crippen LogP contribution < -0.4 is 24.8 Å². The molecule has 1 aliphatic rings. The molecule has 0 spiro atoms. The van der Waals surface area contributed by atoms with E-state index in [9.17, 15) is 9.59 Å². The Morgan fingerprint density at radius 1 is 1.07 bits per heavy atom. The van der Waals surface area contributed by atoms with Crippen LogP contribution in [-0.4, -0.2) is 68.3 Å². The van der Waals surface area contributed by atoms with Crippen molar-refractivity contribution in [2.24, 2.45) is 0 Å². The Morgan fingerprint density at radius 3 is 2.69 bits per heavy atom. The van der Waals surface area contributed by atoms with Crippen molar-refractivity contribution in [1.29, 1.82) is 0 Å². The van der Waals surface area contributed by atoms with Gasteiger partial charge in [-0.25, -0.2) is 4.98 Å². The number of halogens is 1. The molecule has 0 fully saturated rings. The van der Waals surface area contributed by atoms with Gasteiger partial charge in [0.05, 0.1) is 44.8 Å². The van der Waals surface area contributed by atoms with Crippen LogP contribution in [0.4, 0.5) is 10.8 Å². The van der Waals surface area contributed by atoms with E-state index >= 15 is 0 Å². The average molecular weight is 609 g/mol. The molecule has 0 atom stereocenters. The van der Waals surface area contributed by atoms with E-state index in [2.05, 4.69) is 15.6 Å². The van der Waals surface area contributed by atoms with Crippen LogP contribution >= 0.6 is 22.9 Å². The predicted molar refractivity (Wildman–Crippen MR) is 162 cm³/mol. The van der Waals surface area contributed by atoms with Crippen LogP contribution in [0.1, 0.15) is 0 Å². The Bertz CT molecular complexity index is 1530. The van der Waals surface area contributed by atoms with E-state index in [1.54, 1.807) is 42.3 Å². The van der Waals surface area contributed by atoms with Gasteiger partial charge < -0.3 is 29.6 Å². The molecule has 2 amide bonds. The number of anilines is 2. The van der Waals surface area contributed by atoms with Crippen molar-refractivity contribution in [2.75, 3.05) is 57.2 Å². The number of benzene rings is 3. The number of nitrogens with one attached hydrogen (secondary N) is 2. The number of methoxy groups -OCH3 is 1. The number of nitrogens with zero attached hydrogens (tertiary/aromatic N) is 2. The molecule has 0 bridgehead atoms. The summed E-state index contributed by atoms with van der Waals surface area (Å²) in [4.78, 5) is 32.3. The summed E-state index contributed by atoms with van der Waals surface area (Å²) in [5.74, 6) is 1.53. The number of thiazole rings is 1. The summed E-state index contributed by atoms with van der Waals surface area (Å²) in [5.41, 5.74) is 2.04. The fraction of sp³-hybridized carbons (Fsp3) is 0.233. The Balaban J connectivity index is 1.26. The maximum Gasteiger partial charge on any atom is 0.240 e. The normalized spacial score (nSPS) is 14.6. The van der Waals surface area contributed by atoms with E-state index in [4.69, 9.17) is 30.5 Å². The van der Waals surface area contributed by atoms with Gasteiger partial charge >= 0.3 is 0 Å². The zero-order valence-corrected chi connectivity index (χ0v) is 24.4. The van der Waals surface area contributed by atoms with Gasteiger partial charge in [0.2, 0.25) is 11.8 Å². The van der Waals surface area contributed by atoms with Gasteiger partial charge in [0.25, 0.3) is 0 Å². The minimum absolute atomic E-state index is 0.0466. The first kappa shape index (κ1) is 29.3. The molecule has 218 valence electrons. The number of amides is 2. The standard InChI is InChI=1S/C30H29ClN4O6S/c1-38-22-9-6-20(7-10-22)24-19-42-30(33-24)34-29(37)18-35-12-13-39-14-15-40-26-4-2-3-5-27(26)41-25-11-8-21(31)16-23(25)32-28(36)17-35/h2-11,16,19H,12-15,17-18H2,1H3,(H,32,36)(H,33,34,37). The number of ether oxygens (including phenoxy) is 4. The van der Waals surface area contributed by atoms with Crippen molar-refractivity contribution in [1.82, 2.24) is 9.88 Å². The summed E-state index contributed by atoms with van der Waals surface area (Å²) in [6.07, 6.45) is 0. The van der Waals surface area contributed by atoms with E-state index in [1.165, 1.54) is 11.3 Å². The smallest absolute Gasteiger partial charge is 0.240 e. The number of hydrogen-bond acceptors (Lipinski definition) is 9. The monoisotopic (exact) mass is 608 g/mol. The summed E-state index contributed by atoms with van der Waals surface area (Å²) in [6.45, 7) is 1.14. The molecule has 3 aromatic carbocycles. The number of fused-ring (bicyclic) bond motifs is 2. The van der Waals surface area contributed by atoms with Crippen LogP contribution in [0.5, 0.6) is 23.0 Å². The van der Waals surface area contributed by atoms with Crippen molar-refractivity contribution < 1.29 is 28.5 Å². The first-order valence-electron chi connectivity index (χ1n) is 13.2. The summed E-state index contributed by atoms with van der Waals surface area (Å²) in [7, 11) is 1.61. The van der Waals surface area contributed by atoms with Crippen LogP contribution in [0, 0.1) is 0 Å². The Morgan fingerprint density at radius 2 is 1.88 bits per heavy atom. The molecule has 42 heavy (non-hydrogen) atoms. The number of carbonyl (C=O) groups is 2. The molecular weight excluding hydrogens is 580 g/mol. The lowest BCUT2D eigenvalue weighted by molar-refractivity contribution is -0.120. The lowest BCUT2D eigenvalue weighted by Gasteiger charge is -2.21. The topological polar surface area (TPSA) is 111 Å². The summed E-state index contributed by atoms with van der Waals surface area (Å²) < 4.78 is 22.9. The second-order valence-electron chi connectivity index (χ2n) is 9.22. The maximum atomic E-state index is 13.1. The van der Waals surface area contributed by atoms with E-state index < -0.39 is 0 Å². The lowest BCUT2D eigenvalue weighted by atomic mass is 10.2. The fourth-order valence-corrected chi connectivity index (χ4v) is 5.07. The highest BCUT2D eigenvalue weighted by atomic mass is 35.5. The largest absolute Gasteiger partial charge is 0.497 e. The Kier molecular flexibility index (Phi) is 9.88. The zero-order chi connectivity index (χ0) is 29.3. The number of hydrogen-bond donors (Lipinski definition) is 2. The zero-order valence-electron chi connectivity index (χ0n) is 22.8. The first-order valence-corrected chi connectivity index (χ1v) is 14.4. The molecule has 0 saturated carbocycles. The molecule has 0 radical (unpaired) electrons. The molecule has 0 unspecified atom stereocenters. The Labute approximate surface area is 252 Å². The van der Waals surface area contributed by atoms with Gasteiger partial charge in [0, 0.05) is 22.5 Å².